The van der Waals surface area contributed by atoms with E-state index in [2.05, 4.69) is 20.1 Å². The van der Waals surface area contributed by atoms with Crippen LogP contribution in [0.25, 0.3) is 5.69 Å². The number of nitrogens with one attached hydrogen (secondary N) is 2. The van der Waals surface area contributed by atoms with E-state index in [0.29, 0.717) is 30.2 Å². The number of hydrogen-bond acceptors (Lipinski definition) is 5. The quantitative estimate of drug-likeness (QED) is 0.635. The number of carbonyl (C=O) groups is 1. The molecule has 0 saturated heterocycles. The molecule has 1 aliphatic rings. The summed E-state index contributed by atoms with van der Waals surface area (Å²) in [7, 11) is -3.80. The summed E-state index contributed by atoms with van der Waals surface area (Å²) in [5.41, 5.74) is 1.23. The third-order valence-corrected chi connectivity index (χ3v) is 6.24. The second-order valence-corrected chi connectivity index (χ2v) is 8.71. The van der Waals surface area contributed by atoms with Gasteiger partial charge in [-0.15, -0.1) is 0 Å². The molecular formula is C21H20FN5O3S. The predicted molar refractivity (Wildman–Crippen MR) is 115 cm³/mol. The fourth-order valence-electron chi connectivity index (χ4n) is 3.28. The van der Waals surface area contributed by atoms with Crippen LogP contribution in [-0.4, -0.2) is 36.5 Å². The Hall–Kier alpha value is -3.53. The fourth-order valence-corrected chi connectivity index (χ4v) is 4.41. The second-order valence-electron chi connectivity index (χ2n) is 7.03. The number of benzene rings is 2. The molecule has 3 aromatic rings. The topological polar surface area (TPSA) is 105 Å². The zero-order valence-electron chi connectivity index (χ0n) is 16.7. The van der Waals surface area contributed by atoms with Crippen molar-refractivity contribution >= 4 is 27.5 Å². The minimum atomic E-state index is -3.80. The van der Waals surface area contributed by atoms with Crippen LogP contribution in [0.4, 0.5) is 10.1 Å². The Balaban J connectivity index is 1.55. The summed E-state index contributed by atoms with van der Waals surface area (Å²) in [5.74, 6) is -0.508. The molecule has 1 amide bonds. The van der Waals surface area contributed by atoms with Crippen molar-refractivity contribution in [2.24, 2.45) is 4.99 Å². The maximum Gasteiger partial charge on any atom is 0.262 e. The molecule has 0 radical (unpaired) electrons. The smallest absolute Gasteiger partial charge is 0.262 e. The van der Waals surface area contributed by atoms with E-state index in [1.54, 1.807) is 31.2 Å². The summed E-state index contributed by atoms with van der Waals surface area (Å²) in [4.78, 5) is 16.9. The van der Waals surface area contributed by atoms with Gasteiger partial charge in [0, 0.05) is 18.7 Å². The third-order valence-electron chi connectivity index (χ3n) is 4.86. The van der Waals surface area contributed by atoms with Crippen LogP contribution in [0.3, 0.4) is 0 Å². The fraction of sp³-hybridized carbons (Fsp3) is 0.190. The summed E-state index contributed by atoms with van der Waals surface area (Å²) in [5, 5.41) is 6.80. The highest BCUT2D eigenvalue weighted by Gasteiger charge is 2.20. The van der Waals surface area contributed by atoms with Gasteiger partial charge < -0.3 is 5.32 Å². The number of carbonyl (C=O) groups excluding carboxylic acids is 1. The second kappa shape index (κ2) is 8.31. The van der Waals surface area contributed by atoms with Crippen molar-refractivity contribution < 1.29 is 17.6 Å². The molecule has 0 bridgehead atoms. The highest BCUT2D eigenvalue weighted by molar-refractivity contribution is 7.90. The molecule has 10 heteroatoms. The zero-order chi connectivity index (χ0) is 22.0. The SMILES string of the molecule is Cc1c(C(=O)Nc2cccc(S(=O)(=O)NC3=NCCC3)c2)cnn1-c1ccccc1F. The monoisotopic (exact) mass is 441 g/mol. The van der Waals surface area contributed by atoms with Gasteiger partial charge in [0.25, 0.3) is 15.9 Å². The lowest BCUT2D eigenvalue weighted by atomic mass is 10.2. The van der Waals surface area contributed by atoms with Crippen LogP contribution in [0.15, 0.2) is 64.6 Å². The van der Waals surface area contributed by atoms with E-state index in [0.717, 1.165) is 6.42 Å². The van der Waals surface area contributed by atoms with Gasteiger partial charge in [0.05, 0.1) is 22.3 Å². The van der Waals surface area contributed by atoms with Gasteiger partial charge in [0.1, 0.15) is 17.3 Å². The lowest BCUT2D eigenvalue weighted by Gasteiger charge is -2.10. The first kappa shape index (κ1) is 20.7. The van der Waals surface area contributed by atoms with Crippen LogP contribution in [-0.2, 0) is 10.0 Å². The first-order chi connectivity index (χ1) is 14.8. The third kappa shape index (κ3) is 4.33. The minimum absolute atomic E-state index is 0.0127. The number of aliphatic imine (C=N–C) groups is 1. The number of anilines is 1. The van der Waals surface area contributed by atoms with Gasteiger partial charge in [-0.1, -0.05) is 18.2 Å². The van der Waals surface area contributed by atoms with E-state index in [-0.39, 0.29) is 16.1 Å². The lowest BCUT2D eigenvalue weighted by Crippen LogP contribution is -2.29. The van der Waals surface area contributed by atoms with Gasteiger partial charge in [0.15, 0.2) is 0 Å². The largest absolute Gasteiger partial charge is 0.322 e. The molecule has 0 spiro atoms. The van der Waals surface area contributed by atoms with Gasteiger partial charge in [-0.25, -0.2) is 17.5 Å². The van der Waals surface area contributed by atoms with E-state index in [9.17, 15) is 17.6 Å². The molecule has 0 aliphatic carbocycles. The van der Waals surface area contributed by atoms with Gasteiger partial charge >= 0.3 is 0 Å². The first-order valence-electron chi connectivity index (χ1n) is 9.62. The molecule has 2 aromatic carbocycles. The molecule has 4 rings (SSSR count). The number of para-hydroxylation sites is 1. The van der Waals surface area contributed by atoms with Gasteiger partial charge in [-0.3, -0.25) is 14.5 Å². The average molecular weight is 441 g/mol. The predicted octanol–water partition coefficient (Wildman–Crippen LogP) is 3.04. The Morgan fingerprint density at radius 2 is 1.97 bits per heavy atom. The van der Waals surface area contributed by atoms with Crippen LogP contribution in [0.1, 0.15) is 28.9 Å². The summed E-state index contributed by atoms with van der Waals surface area (Å²) in [6.45, 7) is 2.26. The number of nitrogens with zero attached hydrogens (tertiary/aromatic N) is 3. The molecular weight excluding hydrogens is 421 g/mol. The van der Waals surface area contributed by atoms with Gasteiger partial charge in [0.2, 0.25) is 0 Å². The van der Waals surface area contributed by atoms with Crippen molar-refractivity contribution in [3.05, 3.63) is 71.8 Å². The first-order valence-corrected chi connectivity index (χ1v) is 11.1. The van der Waals surface area contributed by atoms with Crippen LogP contribution in [0.2, 0.25) is 0 Å². The number of rotatable bonds is 5. The van der Waals surface area contributed by atoms with E-state index in [1.165, 1.54) is 35.1 Å². The van der Waals surface area contributed by atoms with Crippen LogP contribution in [0.5, 0.6) is 0 Å². The molecule has 0 unspecified atom stereocenters. The molecule has 2 heterocycles. The van der Waals surface area contributed by atoms with E-state index < -0.39 is 21.7 Å². The minimum Gasteiger partial charge on any atom is -0.322 e. The number of halogens is 1. The molecule has 160 valence electrons. The summed E-state index contributed by atoms with van der Waals surface area (Å²) in [6.07, 6.45) is 2.74. The van der Waals surface area contributed by atoms with E-state index >= 15 is 0 Å². The molecule has 1 aromatic heterocycles. The van der Waals surface area contributed by atoms with Crippen LogP contribution in [0, 0.1) is 12.7 Å². The zero-order valence-corrected chi connectivity index (χ0v) is 17.5. The summed E-state index contributed by atoms with van der Waals surface area (Å²) in [6, 6.07) is 12.1. The van der Waals surface area contributed by atoms with Crippen LogP contribution < -0.4 is 10.0 Å². The van der Waals surface area contributed by atoms with Gasteiger partial charge in [-0.05, 0) is 43.7 Å². The number of amides is 1. The van der Waals surface area contributed by atoms with Crippen molar-refractivity contribution in [2.75, 3.05) is 11.9 Å². The Morgan fingerprint density at radius 1 is 1.16 bits per heavy atom. The Kier molecular flexibility index (Phi) is 5.55. The number of hydrogen-bond donors (Lipinski definition) is 2. The van der Waals surface area contributed by atoms with Gasteiger partial charge in [-0.2, -0.15) is 5.10 Å². The molecule has 0 fully saturated rings. The normalized spacial score (nSPS) is 13.7. The van der Waals surface area contributed by atoms with Crippen molar-refractivity contribution in [1.82, 2.24) is 14.5 Å². The average Bonchev–Trinajstić information content (AvgIpc) is 3.38. The number of sulfonamides is 1. The van der Waals surface area contributed by atoms with Crippen LogP contribution >= 0.6 is 0 Å². The standard InChI is InChI=1S/C21H20FN5O3S/c1-14-17(13-24-27(14)19-9-3-2-8-18(19)22)21(28)25-15-6-4-7-16(12-15)31(29,30)26-20-10-5-11-23-20/h2-4,6-9,12-13H,5,10-11H2,1H3,(H,23,26)(H,25,28). The summed E-state index contributed by atoms with van der Waals surface area (Å²) >= 11 is 0. The molecule has 1 aliphatic heterocycles. The molecule has 2 N–H and O–H groups in total. The maximum atomic E-state index is 14.1. The molecule has 8 nitrogen and oxygen atoms in total. The van der Waals surface area contributed by atoms with Crippen molar-refractivity contribution in [3.63, 3.8) is 0 Å². The highest BCUT2D eigenvalue weighted by atomic mass is 32.2. The summed E-state index contributed by atoms with van der Waals surface area (Å²) < 4.78 is 43.1. The number of amidine groups is 1. The Morgan fingerprint density at radius 3 is 2.71 bits per heavy atom. The molecule has 0 atom stereocenters. The van der Waals surface area contributed by atoms with Crippen molar-refractivity contribution in [3.8, 4) is 5.69 Å². The maximum absolute atomic E-state index is 14.1. The van der Waals surface area contributed by atoms with Crippen molar-refractivity contribution in [2.45, 2.75) is 24.7 Å². The number of aromatic nitrogens is 2. The molecule has 31 heavy (non-hydrogen) atoms. The Labute approximate surface area is 178 Å². The van der Waals surface area contributed by atoms with Crippen molar-refractivity contribution in [1.29, 1.82) is 0 Å². The van der Waals surface area contributed by atoms with E-state index in [1.807, 2.05) is 0 Å². The Bertz CT molecular complexity index is 1280. The highest BCUT2D eigenvalue weighted by Crippen LogP contribution is 2.20. The lowest BCUT2D eigenvalue weighted by molar-refractivity contribution is 0.102. The molecule has 0 saturated carbocycles. The van der Waals surface area contributed by atoms with E-state index in [4.69, 9.17) is 0 Å².